The number of rotatable bonds is 9. The van der Waals surface area contributed by atoms with Crippen molar-refractivity contribution >= 4 is 29.0 Å². The summed E-state index contributed by atoms with van der Waals surface area (Å²) in [7, 11) is 3.09. The van der Waals surface area contributed by atoms with Crippen LogP contribution in [0.2, 0.25) is 0 Å². The minimum absolute atomic E-state index is 0.133. The Bertz CT molecular complexity index is 754. The van der Waals surface area contributed by atoms with Crippen LogP contribution in [0.4, 0.5) is 5.82 Å². The molecule has 2 aromatic rings. The van der Waals surface area contributed by atoms with Crippen LogP contribution in [0, 0.1) is 0 Å². The Balaban J connectivity index is 2.63. The van der Waals surface area contributed by atoms with Crippen LogP contribution in [0.3, 0.4) is 0 Å². The third-order valence-corrected chi connectivity index (χ3v) is 4.01. The molecule has 9 heteroatoms. The molecule has 9 nitrogen and oxygen atoms in total. The van der Waals surface area contributed by atoms with Crippen LogP contribution in [0.25, 0.3) is 16.7 Å². The molecular weight excluding hydrogens is 326 g/mol. The highest BCUT2D eigenvalue weighted by atomic mass is 16.5. The van der Waals surface area contributed by atoms with Crippen LogP contribution < -0.4 is 11.1 Å². The molecule has 2 rings (SSSR count). The second kappa shape index (κ2) is 8.56. The Morgan fingerprint density at radius 3 is 2.76 bits per heavy atom. The number of allylic oxidation sites excluding steroid dienone is 1. The smallest absolute Gasteiger partial charge is 0.212 e. The fraction of sp³-hybridized carbons (Fsp3) is 0.438. The summed E-state index contributed by atoms with van der Waals surface area (Å²) in [5, 5.41) is 12.6. The van der Waals surface area contributed by atoms with Gasteiger partial charge in [-0.25, -0.2) is 9.97 Å². The van der Waals surface area contributed by atoms with Gasteiger partial charge in [0, 0.05) is 38.1 Å². The number of nitrogens with one attached hydrogen (secondary N) is 1. The summed E-state index contributed by atoms with van der Waals surface area (Å²) >= 11 is 0. The van der Waals surface area contributed by atoms with E-state index in [0.717, 1.165) is 0 Å². The lowest BCUT2D eigenvalue weighted by atomic mass is 10.1. The maximum Gasteiger partial charge on any atom is 0.212 e. The number of carbonyl (C=O) groups is 1. The van der Waals surface area contributed by atoms with Crippen LogP contribution in [0.5, 0.6) is 0 Å². The van der Waals surface area contributed by atoms with Gasteiger partial charge in [0.05, 0.1) is 18.1 Å². The van der Waals surface area contributed by atoms with Gasteiger partial charge in [0.1, 0.15) is 24.0 Å². The van der Waals surface area contributed by atoms with Gasteiger partial charge in [-0.05, 0) is 6.92 Å². The molecular formula is C16H23N5O4. The number of nitrogens with two attached hydrogens (primary N) is 1. The lowest BCUT2D eigenvalue weighted by Gasteiger charge is -2.22. The number of anilines is 1. The fourth-order valence-corrected chi connectivity index (χ4v) is 2.64. The average Bonchev–Trinajstić information content (AvgIpc) is 3.03. The molecule has 0 radical (unpaired) electrons. The number of amides is 1. The highest BCUT2D eigenvalue weighted by Crippen LogP contribution is 2.32. The van der Waals surface area contributed by atoms with E-state index in [0.29, 0.717) is 40.9 Å². The molecule has 0 fully saturated rings. The molecule has 2 heterocycles. The number of hydrogen-bond donors (Lipinski definition) is 3. The molecule has 2 aromatic heterocycles. The van der Waals surface area contributed by atoms with E-state index in [1.165, 1.54) is 13.4 Å². The molecule has 2 atom stereocenters. The van der Waals surface area contributed by atoms with Crippen LogP contribution in [-0.4, -0.2) is 53.0 Å². The predicted molar refractivity (Wildman–Crippen MR) is 93.6 cm³/mol. The van der Waals surface area contributed by atoms with E-state index < -0.39 is 6.23 Å². The van der Waals surface area contributed by atoms with E-state index in [2.05, 4.69) is 15.3 Å². The van der Waals surface area contributed by atoms with Gasteiger partial charge in [-0.15, -0.1) is 0 Å². The number of aliphatic hydroxyl groups is 1. The highest BCUT2D eigenvalue weighted by molar-refractivity contribution is 6.00. The van der Waals surface area contributed by atoms with Gasteiger partial charge < -0.3 is 30.2 Å². The predicted octanol–water partition coefficient (Wildman–Crippen LogP) is 0.861. The quantitative estimate of drug-likeness (QED) is 0.573. The maximum atomic E-state index is 10.9. The first kappa shape index (κ1) is 18.8. The number of hydrogen-bond acceptors (Lipinski definition) is 7. The normalized spacial score (nSPS) is 14.5. The van der Waals surface area contributed by atoms with Gasteiger partial charge in [-0.2, -0.15) is 0 Å². The Kier molecular flexibility index (Phi) is 6.45. The van der Waals surface area contributed by atoms with Gasteiger partial charge in [0.25, 0.3) is 0 Å². The van der Waals surface area contributed by atoms with Crippen molar-refractivity contribution in [3.63, 3.8) is 0 Å². The topological polar surface area (TPSA) is 125 Å². The Labute approximate surface area is 145 Å². The zero-order chi connectivity index (χ0) is 18.4. The average molecular weight is 349 g/mol. The number of nitrogens with zero attached hydrogens (tertiary/aromatic N) is 3. The minimum atomic E-state index is -0.447. The molecule has 0 aliphatic carbocycles. The van der Waals surface area contributed by atoms with Crippen molar-refractivity contribution in [2.24, 2.45) is 5.73 Å². The number of fused-ring (bicyclic) bond motifs is 1. The van der Waals surface area contributed by atoms with Crippen LogP contribution in [0.15, 0.2) is 18.6 Å². The summed E-state index contributed by atoms with van der Waals surface area (Å²) in [5.41, 5.74) is 7.86. The molecule has 1 amide bonds. The molecule has 0 bridgehead atoms. The molecule has 2 unspecified atom stereocenters. The highest BCUT2D eigenvalue weighted by Gasteiger charge is 2.23. The Morgan fingerprint density at radius 2 is 2.20 bits per heavy atom. The van der Waals surface area contributed by atoms with Crippen molar-refractivity contribution in [3.05, 3.63) is 24.2 Å². The largest absolute Gasteiger partial charge is 0.398 e. The van der Waals surface area contributed by atoms with Crippen LogP contribution >= 0.6 is 0 Å². The SMILES string of the molecule is C/C=C(/N)c1cn(C(CC(CO)OC)OC)c2ncnc(NC=O)c12. The van der Waals surface area contributed by atoms with Gasteiger partial charge in [-0.3, -0.25) is 4.79 Å². The van der Waals surface area contributed by atoms with Gasteiger partial charge >= 0.3 is 0 Å². The van der Waals surface area contributed by atoms with Crippen molar-refractivity contribution in [1.29, 1.82) is 0 Å². The minimum Gasteiger partial charge on any atom is -0.398 e. The number of ether oxygens (including phenoxy) is 2. The second-order valence-electron chi connectivity index (χ2n) is 5.34. The molecule has 0 saturated heterocycles. The molecule has 25 heavy (non-hydrogen) atoms. The molecule has 136 valence electrons. The summed E-state index contributed by atoms with van der Waals surface area (Å²) in [4.78, 5) is 19.3. The number of aromatic nitrogens is 3. The lowest BCUT2D eigenvalue weighted by molar-refractivity contribution is -0.105. The van der Waals surface area contributed by atoms with Crippen molar-refractivity contribution in [1.82, 2.24) is 14.5 Å². The lowest BCUT2D eigenvalue weighted by Crippen LogP contribution is -2.23. The zero-order valence-electron chi connectivity index (χ0n) is 14.5. The molecule has 0 spiro atoms. The van der Waals surface area contributed by atoms with Crippen molar-refractivity contribution < 1.29 is 19.4 Å². The van der Waals surface area contributed by atoms with Crippen molar-refractivity contribution in [2.75, 3.05) is 26.1 Å². The van der Waals surface area contributed by atoms with Gasteiger partial charge in [0.2, 0.25) is 6.41 Å². The summed E-state index contributed by atoms with van der Waals surface area (Å²) in [5.74, 6) is 0.360. The second-order valence-corrected chi connectivity index (χ2v) is 5.34. The van der Waals surface area contributed by atoms with Gasteiger partial charge in [-0.1, -0.05) is 6.08 Å². The monoisotopic (exact) mass is 349 g/mol. The summed E-state index contributed by atoms with van der Waals surface area (Å²) in [6.07, 6.45) is 5.02. The summed E-state index contributed by atoms with van der Waals surface area (Å²) in [6.45, 7) is 1.68. The van der Waals surface area contributed by atoms with Gasteiger partial charge in [0.15, 0.2) is 0 Å². The van der Waals surface area contributed by atoms with E-state index >= 15 is 0 Å². The van der Waals surface area contributed by atoms with Crippen molar-refractivity contribution in [2.45, 2.75) is 25.7 Å². The maximum absolute atomic E-state index is 10.9. The summed E-state index contributed by atoms with van der Waals surface area (Å²) < 4.78 is 12.6. The third-order valence-electron chi connectivity index (χ3n) is 4.01. The van der Waals surface area contributed by atoms with Crippen molar-refractivity contribution in [3.8, 4) is 0 Å². The standard InChI is InChI=1S/C16H23N5O4/c1-4-12(17)11-6-21(13(25-3)5-10(7-22)24-2)16-14(11)15(20-9-23)18-8-19-16/h4,6,8-10,13,22H,5,7,17H2,1-3H3,(H,18,19,20,23)/b12-4+. The first-order chi connectivity index (χ1) is 12.1. The zero-order valence-corrected chi connectivity index (χ0v) is 14.5. The third kappa shape index (κ3) is 3.78. The van der Waals surface area contributed by atoms with E-state index in [1.54, 1.807) is 23.9 Å². The first-order valence-electron chi connectivity index (χ1n) is 7.75. The van der Waals surface area contributed by atoms with Crippen LogP contribution in [0.1, 0.15) is 25.1 Å². The number of aliphatic hydroxyl groups excluding tert-OH is 1. The molecule has 0 aliphatic rings. The van der Waals surface area contributed by atoms with E-state index in [4.69, 9.17) is 15.2 Å². The number of carbonyl (C=O) groups excluding carboxylic acids is 1. The molecule has 4 N–H and O–H groups in total. The summed E-state index contributed by atoms with van der Waals surface area (Å²) in [6, 6.07) is 0. The molecule has 0 saturated carbocycles. The fourth-order valence-electron chi connectivity index (χ4n) is 2.64. The van der Waals surface area contributed by atoms with E-state index in [1.807, 2.05) is 6.92 Å². The Hall–Kier alpha value is -2.49. The molecule has 0 aliphatic heterocycles. The van der Waals surface area contributed by atoms with Crippen LogP contribution in [-0.2, 0) is 14.3 Å². The molecule has 0 aromatic carbocycles. The van der Waals surface area contributed by atoms with E-state index in [-0.39, 0.29) is 12.7 Å². The first-order valence-corrected chi connectivity index (χ1v) is 7.75. The van der Waals surface area contributed by atoms with E-state index in [9.17, 15) is 9.90 Å². The Morgan fingerprint density at radius 1 is 1.44 bits per heavy atom. The number of methoxy groups -OCH3 is 2.